The van der Waals surface area contributed by atoms with Gasteiger partial charge in [-0.3, -0.25) is 4.90 Å². The summed E-state index contributed by atoms with van der Waals surface area (Å²) in [5.74, 6) is 0. The second-order valence-corrected chi connectivity index (χ2v) is 5.26. The van der Waals surface area contributed by atoms with Crippen LogP contribution in [0.25, 0.3) is 0 Å². The number of rotatable bonds is 1. The zero-order valence-electron chi connectivity index (χ0n) is 10.3. The van der Waals surface area contributed by atoms with E-state index in [1.54, 1.807) is 27.7 Å². The number of hydrogen-bond acceptors (Lipinski definition) is 4. The van der Waals surface area contributed by atoms with E-state index >= 15 is 0 Å². The average Bonchev–Trinajstić information content (AvgIpc) is 2.43. The first kappa shape index (κ1) is 13.3. The van der Waals surface area contributed by atoms with E-state index in [1.807, 2.05) is 0 Å². The Kier molecular flexibility index (Phi) is 3.80. The number of carbonyl (C=O) groups excluding carboxylic acids is 1. The van der Waals surface area contributed by atoms with Crippen LogP contribution in [0.5, 0.6) is 0 Å². The molecule has 0 aliphatic carbocycles. The van der Waals surface area contributed by atoms with Crippen molar-refractivity contribution in [3.8, 4) is 0 Å². The second kappa shape index (κ2) is 4.59. The van der Waals surface area contributed by atoms with E-state index < -0.39 is 29.9 Å². The third-order valence-corrected chi connectivity index (χ3v) is 2.54. The third-order valence-electron chi connectivity index (χ3n) is 2.54. The van der Waals surface area contributed by atoms with Gasteiger partial charge in [-0.1, -0.05) is 0 Å². The molecule has 0 saturated carbocycles. The topological polar surface area (TPSA) is 70.0 Å². The summed E-state index contributed by atoms with van der Waals surface area (Å²) in [5, 5.41) is 19.2. The third kappa shape index (κ3) is 3.09. The molecule has 1 aliphatic rings. The molecule has 3 atom stereocenters. The second-order valence-electron chi connectivity index (χ2n) is 5.26. The minimum Gasteiger partial charge on any atom is -0.444 e. The molecule has 0 radical (unpaired) electrons. The number of likely N-dealkylation sites (tertiary alicyclic amines) is 1. The number of carbonyl (C=O) groups is 1. The van der Waals surface area contributed by atoms with Gasteiger partial charge in [-0.05, 0) is 34.1 Å². The first-order valence-electron chi connectivity index (χ1n) is 5.58. The maximum absolute atomic E-state index is 11.8. The maximum atomic E-state index is 11.8. The van der Waals surface area contributed by atoms with Crippen LogP contribution in [0.3, 0.4) is 0 Å². The van der Waals surface area contributed by atoms with Crippen LogP contribution in [-0.4, -0.2) is 51.6 Å². The molecular formula is C11H21NO4. The lowest BCUT2D eigenvalue weighted by atomic mass is 10.1. The molecule has 1 heterocycles. The fourth-order valence-corrected chi connectivity index (χ4v) is 1.91. The van der Waals surface area contributed by atoms with Crippen LogP contribution < -0.4 is 0 Å². The van der Waals surface area contributed by atoms with Crippen molar-refractivity contribution in [2.75, 3.05) is 6.54 Å². The number of ether oxygens (including phenoxy) is 1. The van der Waals surface area contributed by atoms with Gasteiger partial charge in [0.15, 0.2) is 0 Å². The molecule has 1 amide bonds. The standard InChI is InChI=1S/C11H21NO4/c1-7(13)9-8(14)5-6-12(9)10(15)16-11(2,3)4/h7-9,13-14H,5-6H2,1-4H3/t7-,8-,9+/m0/s1. The van der Waals surface area contributed by atoms with E-state index in [-0.39, 0.29) is 0 Å². The van der Waals surface area contributed by atoms with Gasteiger partial charge in [0.05, 0.1) is 18.2 Å². The van der Waals surface area contributed by atoms with Crippen molar-refractivity contribution < 1.29 is 19.7 Å². The van der Waals surface area contributed by atoms with E-state index in [9.17, 15) is 15.0 Å². The summed E-state index contributed by atoms with van der Waals surface area (Å²) in [5.41, 5.74) is -0.562. The number of aliphatic hydroxyl groups excluding tert-OH is 2. The molecule has 94 valence electrons. The molecule has 0 aromatic rings. The summed E-state index contributed by atoms with van der Waals surface area (Å²) in [6.45, 7) is 7.35. The van der Waals surface area contributed by atoms with Crippen molar-refractivity contribution >= 4 is 6.09 Å². The normalized spacial score (nSPS) is 28.0. The predicted molar refractivity (Wildman–Crippen MR) is 59.0 cm³/mol. The highest BCUT2D eigenvalue weighted by molar-refractivity contribution is 5.69. The molecular weight excluding hydrogens is 210 g/mol. The summed E-state index contributed by atoms with van der Waals surface area (Å²) in [4.78, 5) is 13.2. The van der Waals surface area contributed by atoms with Gasteiger partial charge in [-0.2, -0.15) is 0 Å². The van der Waals surface area contributed by atoms with Crippen LogP contribution in [-0.2, 0) is 4.74 Å². The van der Waals surface area contributed by atoms with Gasteiger partial charge in [0.25, 0.3) is 0 Å². The van der Waals surface area contributed by atoms with Crippen molar-refractivity contribution in [2.45, 2.75) is 58.0 Å². The van der Waals surface area contributed by atoms with Crippen LogP contribution in [0.15, 0.2) is 0 Å². The van der Waals surface area contributed by atoms with Crippen molar-refractivity contribution in [3.05, 3.63) is 0 Å². The molecule has 0 spiro atoms. The largest absolute Gasteiger partial charge is 0.444 e. The minimum absolute atomic E-state index is 0.422. The summed E-state index contributed by atoms with van der Waals surface area (Å²) in [6.07, 6.45) is -1.43. The molecule has 5 heteroatoms. The van der Waals surface area contributed by atoms with E-state index in [0.717, 1.165) is 0 Å². The molecule has 2 N–H and O–H groups in total. The van der Waals surface area contributed by atoms with Gasteiger partial charge < -0.3 is 14.9 Å². The molecule has 1 aliphatic heterocycles. The fraction of sp³-hybridized carbons (Fsp3) is 0.909. The molecule has 16 heavy (non-hydrogen) atoms. The molecule has 1 saturated heterocycles. The van der Waals surface area contributed by atoms with Crippen LogP contribution in [0.1, 0.15) is 34.1 Å². The summed E-state index contributed by atoms with van der Waals surface area (Å²) >= 11 is 0. The zero-order valence-corrected chi connectivity index (χ0v) is 10.3. The minimum atomic E-state index is -0.759. The Labute approximate surface area is 96.0 Å². The highest BCUT2D eigenvalue weighted by atomic mass is 16.6. The highest BCUT2D eigenvalue weighted by Gasteiger charge is 2.40. The van der Waals surface area contributed by atoms with Crippen LogP contribution in [0.4, 0.5) is 4.79 Å². The van der Waals surface area contributed by atoms with Crippen molar-refractivity contribution in [3.63, 3.8) is 0 Å². The Balaban J connectivity index is 2.69. The molecule has 0 aromatic carbocycles. The van der Waals surface area contributed by atoms with Crippen LogP contribution in [0, 0.1) is 0 Å². The monoisotopic (exact) mass is 231 g/mol. The zero-order chi connectivity index (χ0) is 12.5. The van der Waals surface area contributed by atoms with E-state index in [1.165, 1.54) is 4.90 Å². The first-order valence-corrected chi connectivity index (χ1v) is 5.58. The number of amides is 1. The summed E-state index contributed by atoms with van der Waals surface area (Å²) in [7, 11) is 0. The van der Waals surface area contributed by atoms with Crippen molar-refractivity contribution in [2.24, 2.45) is 0 Å². The first-order chi connectivity index (χ1) is 7.22. The van der Waals surface area contributed by atoms with Gasteiger partial charge in [-0.25, -0.2) is 4.79 Å². The molecule has 0 bridgehead atoms. The quantitative estimate of drug-likeness (QED) is 0.698. The Morgan fingerprint density at radius 2 is 2.06 bits per heavy atom. The Hall–Kier alpha value is -0.810. The number of hydrogen-bond donors (Lipinski definition) is 2. The molecule has 5 nitrogen and oxygen atoms in total. The lowest BCUT2D eigenvalue weighted by Gasteiger charge is -2.30. The van der Waals surface area contributed by atoms with Gasteiger partial charge in [0.1, 0.15) is 5.60 Å². The molecule has 1 rings (SSSR count). The van der Waals surface area contributed by atoms with Gasteiger partial charge in [0, 0.05) is 6.54 Å². The van der Waals surface area contributed by atoms with E-state index in [2.05, 4.69) is 0 Å². The smallest absolute Gasteiger partial charge is 0.410 e. The molecule has 0 aromatic heterocycles. The Bertz CT molecular complexity index is 259. The maximum Gasteiger partial charge on any atom is 0.410 e. The summed E-state index contributed by atoms with van der Waals surface area (Å²) < 4.78 is 5.22. The Morgan fingerprint density at radius 1 is 1.50 bits per heavy atom. The number of aliphatic hydroxyl groups is 2. The Morgan fingerprint density at radius 3 is 2.50 bits per heavy atom. The van der Waals surface area contributed by atoms with Gasteiger partial charge >= 0.3 is 6.09 Å². The SMILES string of the molecule is C[C@H](O)[C@@H]1[C@@H](O)CCN1C(=O)OC(C)(C)C. The predicted octanol–water partition coefficient (Wildman–Crippen LogP) is 0.738. The van der Waals surface area contributed by atoms with E-state index in [0.29, 0.717) is 13.0 Å². The van der Waals surface area contributed by atoms with Crippen molar-refractivity contribution in [1.29, 1.82) is 0 Å². The van der Waals surface area contributed by atoms with Gasteiger partial charge in [-0.15, -0.1) is 0 Å². The fourth-order valence-electron chi connectivity index (χ4n) is 1.91. The van der Waals surface area contributed by atoms with Gasteiger partial charge in [0.2, 0.25) is 0 Å². The average molecular weight is 231 g/mol. The van der Waals surface area contributed by atoms with Crippen LogP contribution in [0.2, 0.25) is 0 Å². The number of nitrogens with zero attached hydrogens (tertiary/aromatic N) is 1. The lowest BCUT2D eigenvalue weighted by molar-refractivity contribution is -0.0101. The van der Waals surface area contributed by atoms with E-state index in [4.69, 9.17) is 4.74 Å². The molecule has 0 unspecified atom stereocenters. The lowest BCUT2D eigenvalue weighted by Crippen LogP contribution is -2.47. The summed E-state index contributed by atoms with van der Waals surface area (Å²) in [6, 6.07) is -0.560. The highest BCUT2D eigenvalue weighted by Crippen LogP contribution is 2.23. The van der Waals surface area contributed by atoms with Crippen molar-refractivity contribution in [1.82, 2.24) is 4.90 Å². The van der Waals surface area contributed by atoms with Crippen LogP contribution >= 0.6 is 0 Å². The molecule has 1 fully saturated rings.